The van der Waals surface area contributed by atoms with Crippen LogP contribution in [-0.4, -0.2) is 28.8 Å². The molecule has 0 amide bonds. The van der Waals surface area contributed by atoms with Gasteiger partial charge in [0.2, 0.25) is 0 Å². The highest BCUT2D eigenvalue weighted by Gasteiger charge is 2.42. The fraction of sp³-hybridized carbons (Fsp3) is 0.688. The van der Waals surface area contributed by atoms with Crippen molar-refractivity contribution in [2.24, 2.45) is 11.7 Å². The Labute approximate surface area is 121 Å². The highest BCUT2D eigenvalue weighted by molar-refractivity contribution is 5.41. The molecule has 1 aliphatic heterocycles. The van der Waals surface area contributed by atoms with Crippen molar-refractivity contribution in [2.45, 2.75) is 50.7 Å². The molecule has 1 saturated carbocycles. The Morgan fingerprint density at radius 3 is 2.95 bits per heavy atom. The van der Waals surface area contributed by atoms with Crippen LogP contribution in [0.1, 0.15) is 50.6 Å². The smallest absolute Gasteiger partial charge is 0.128 e. The maximum Gasteiger partial charge on any atom is 0.128 e. The maximum absolute atomic E-state index is 10.7. The van der Waals surface area contributed by atoms with Crippen molar-refractivity contribution in [3.05, 3.63) is 23.9 Å². The molecule has 1 aromatic rings. The van der Waals surface area contributed by atoms with E-state index in [1.54, 1.807) is 0 Å². The van der Waals surface area contributed by atoms with E-state index in [0.29, 0.717) is 5.92 Å². The van der Waals surface area contributed by atoms with Crippen molar-refractivity contribution >= 4 is 5.82 Å². The second kappa shape index (κ2) is 5.34. The Balaban J connectivity index is 1.72. The first-order valence-corrected chi connectivity index (χ1v) is 7.77. The van der Waals surface area contributed by atoms with Gasteiger partial charge < -0.3 is 15.7 Å². The van der Waals surface area contributed by atoms with Crippen molar-refractivity contribution < 1.29 is 5.11 Å². The topological polar surface area (TPSA) is 62.4 Å². The third-order valence-electron chi connectivity index (χ3n) is 5.05. The van der Waals surface area contributed by atoms with Gasteiger partial charge in [-0.3, -0.25) is 0 Å². The number of nitrogens with zero attached hydrogens (tertiary/aromatic N) is 2. The van der Waals surface area contributed by atoms with Gasteiger partial charge in [-0.15, -0.1) is 0 Å². The fourth-order valence-electron chi connectivity index (χ4n) is 3.63. The molecule has 0 radical (unpaired) electrons. The molecular formula is C16H25N3O. The van der Waals surface area contributed by atoms with Gasteiger partial charge in [0.1, 0.15) is 5.82 Å². The zero-order valence-corrected chi connectivity index (χ0v) is 12.3. The molecule has 110 valence electrons. The van der Waals surface area contributed by atoms with Gasteiger partial charge in [0, 0.05) is 31.2 Å². The van der Waals surface area contributed by atoms with Crippen LogP contribution in [0.4, 0.5) is 5.82 Å². The van der Waals surface area contributed by atoms with Gasteiger partial charge in [0.05, 0.1) is 5.60 Å². The second-order valence-electron chi connectivity index (χ2n) is 6.48. The molecule has 2 aliphatic rings. The Kier molecular flexibility index (Phi) is 3.69. The lowest BCUT2D eigenvalue weighted by Crippen LogP contribution is -2.53. The minimum Gasteiger partial charge on any atom is -0.389 e. The number of anilines is 1. The van der Waals surface area contributed by atoms with Crippen LogP contribution in [0.2, 0.25) is 0 Å². The maximum atomic E-state index is 10.7. The Bertz CT molecular complexity index is 459. The molecule has 4 heteroatoms. The van der Waals surface area contributed by atoms with Gasteiger partial charge in [0.15, 0.2) is 0 Å². The molecule has 3 rings (SSSR count). The molecule has 20 heavy (non-hydrogen) atoms. The summed E-state index contributed by atoms with van der Waals surface area (Å²) < 4.78 is 0. The molecule has 2 fully saturated rings. The molecule has 1 saturated heterocycles. The lowest BCUT2D eigenvalue weighted by molar-refractivity contribution is -0.0613. The van der Waals surface area contributed by atoms with Crippen LogP contribution < -0.4 is 10.6 Å². The molecule has 3 atom stereocenters. The fourth-order valence-corrected chi connectivity index (χ4v) is 3.63. The Morgan fingerprint density at radius 1 is 1.40 bits per heavy atom. The number of piperidine rings is 1. The number of hydrogen-bond acceptors (Lipinski definition) is 4. The van der Waals surface area contributed by atoms with Crippen molar-refractivity contribution in [3.63, 3.8) is 0 Å². The number of aromatic nitrogens is 1. The summed E-state index contributed by atoms with van der Waals surface area (Å²) in [5.74, 6) is 1.42. The van der Waals surface area contributed by atoms with E-state index in [4.69, 9.17) is 5.73 Å². The minimum absolute atomic E-state index is 0.0290. The van der Waals surface area contributed by atoms with Crippen molar-refractivity contribution in [1.82, 2.24) is 4.98 Å². The van der Waals surface area contributed by atoms with E-state index in [1.165, 1.54) is 12.8 Å². The van der Waals surface area contributed by atoms with Crippen molar-refractivity contribution in [2.75, 3.05) is 18.0 Å². The van der Waals surface area contributed by atoms with E-state index in [-0.39, 0.29) is 6.04 Å². The lowest BCUT2D eigenvalue weighted by atomic mass is 9.71. The van der Waals surface area contributed by atoms with E-state index < -0.39 is 5.60 Å². The molecule has 4 nitrogen and oxygen atoms in total. The van der Waals surface area contributed by atoms with E-state index in [1.807, 2.05) is 13.1 Å². The predicted octanol–water partition coefficient (Wildman–Crippen LogP) is 2.23. The molecule has 0 bridgehead atoms. The zero-order chi connectivity index (χ0) is 14.2. The molecule has 0 aromatic carbocycles. The van der Waals surface area contributed by atoms with Gasteiger partial charge in [0.25, 0.3) is 0 Å². The van der Waals surface area contributed by atoms with E-state index in [2.05, 4.69) is 22.0 Å². The summed E-state index contributed by atoms with van der Waals surface area (Å²) in [4.78, 5) is 6.86. The van der Waals surface area contributed by atoms with Gasteiger partial charge in [-0.1, -0.05) is 18.9 Å². The quantitative estimate of drug-likeness (QED) is 0.869. The normalized spacial score (nSPS) is 31.8. The first-order valence-electron chi connectivity index (χ1n) is 7.77. The van der Waals surface area contributed by atoms with E-state index >= 15 is 0 Å². The molecule has 3 N–H and O–H groups in total. The number of nitrogens with two attached hydrogens (primary N) is 1. The van der Waals surface area contributed by atoms with Gasteiger partial charge >= 0.3 is 0 Å². The third-order valence-corrected chi connectivity index (χ3v) is 5.05. The first kappa shape index (κ1) is 13.8. The molecule has 1 aliphatic carbocycles. The molecular weight excluding hydrogens is 250 g/mol. The highest BCUT2D eigenvalue weighted by Crippen LogP contribution is 2.40. The van der Waals surface area contributed by atoms with Crippen molar-refractivity contribution in [3.8, 4) is 0 Å². The summed E-state index contributed by atoms with van der Waals surface area (Å²) in [7, 11) is 0. The van der Waals surface area contributed by atoms with Crippen LogP contribution in [0.5, 0.6) is 0 Å². The number of aliphatic hydroxyl groups is 1. The van der Waals surface area contributed by atoms with Crippen molar-refractivity contribution in [1.29, 1.82) is 0 Å². The highest BCUT2D eigenvalue weighted by atomic mass is 16.3. The average molecular weight is 275 g/mol. The molecule has 3 unspecified atom stereocenters. The standard InChI is InChI=1S/C16H25N3O/c1-12(17)13-5-6-15(18-10-13)19-9-8-16(20)7-3-2-4-14(16)11-19/h5-6,10,12,14,20H,2-4,7-9,11,17H2,1H3. The first-order chi connectivity index (χ1) is 9.58. The lowest BCUT2D eigenvalue weighted by Gasteiger charge is -2.47. The zero-order valence-electron chi connectivity index (χ0n) is 12.3. The van der Waals surface area contributed by atoms with Crippen LogP contribution in [0.3, 0.4) is 0 Å². The Morgan fingerprint density at radius 2 is 2.25 bits per heavy atom. The van der Waals surface area contributed by atoms with E-state index in [9.17, 15) is 5.11 Å². The molecule has 2 heterocycles. The number of hydrogen-bond donors (Lipinski definition) is 2. The SMILES string of the molecule is CC(N)c1ccc(N2CCC3(O)CCCCC3C2)nc1. The summed E-state index contributed by atoms with van der Waals surface area (Å²) in [6.07, 6.45) is 7.29. The van der Waals surface area contributed by atoms with Crippen LogP contribution in [0, 0.1) is 5.92 Å². The monoisotopic (exact) mass is 275 g/mol. The van der Waals surface area contributed by atoms with Gasteiger partial charge in [-0.25, -0.2) is 4.98 Å². The number of fused-ring (bicyclic) bond motifs is 1. The summed E-state index contributed by atoms with van der Waals surface area (Å²) in [6.45, 7) is 3.80. The largest absolute Gasteiger partial charge is 0.389 e. The average Bonchev–Trinajstić information content (AvgIpc) is 2.46. The summed E-state index contributed by atoms with van der Waals surface area (Å²) in [6, 6.07) is 4.15. The predicted molar refractivity (Wildman–Crippen MR) is 80.6 cm³/mol. The second-order valence-corrected chi connectivity index (χ2v) is 6.48. The minimum atomic E-state index is -0.416. The van der Waals surface area contributed by atoms with Crippen LogP contribution in [-0.2, 0) is 0 Å². The van der Waals surface area contributed by atoms with Crippen LogP contribution in [0.25, 0.3) is 0 Å². The van der Waals surface area contributed by atoms with Crippen LogP contribution in [0.15, 0.2) is 18.3 Å². The van der Waals surface area contributed by atoms with E-state index in [0.717, 1.165) is 43.7 Å². The summed E-state index contributed by atoms with van der Waals surface area (Å²) in [5.41, 5.74) is 6.51. The molecule has 0 spiro atoms. The van der Waals surface area contributed by atoms with Crippen LogP contribution >= 0.6 is 0 Å². The Hall–Kier alpha value is -1.13. The number of pyridine rings is 1. The third kappa shape index (κ3) is 2.54. The summed E-state index contributed by atoms with van der Waals surface area (Å²) in [5, 5.41) is 10.7. The summed E-state index contributed by atoms with van der Waals surface area (Å²) >= 11 is 0. The molecule has 1 aromatic heterocycles. The van der Waals surface area contributed by atoms with Gasteiger partial charge in [-0.05, 0) is 37.8 Å². The van der Waals surface area contributed by atoms with Gasteiger partial charge in [-0.2, -0.15) is 0 Å². The number of rotatable bonds is 2.